The Balaban J connectivity index is 5.45. The van der Waals surface area contributed by atoms with Crippen LogP contribution in [0.5, 0.6) is 0 Å². The lowest BCUT2D eigenvalue weighted by atomic mass is 9.98. The third-order valence-electron chi connectivity index (χ3n) is 4.91. The monoisotopic (exact) mass is 444 g/mol. The summed E-state index contributed by atoms with van der Waals surface area (Å²) in [5, 5.41) is 25.2. The maximum absolute atomic E-state index is 12.8. The molecule has 0 radical (unpaired) electrons. The van der Waals surface area contributed by atoms with Gasteiger partial charge in [-0.1, -0.05) is 34.1 Å². The Kier molecular flexibility index (Phi) is 12.4. The molecular formula is C20H36N4O7. The van der Waals surface area contributed by atoms with Crippen LogP contribution in [-0.2, 0) is 24.0 Å². The Bertz CT molecular complexity index is 653. The van der Waals surface area contributed by atoms with Crippen molar-refractivity contribution in [1.29, 1.82) is 0 Å². The minimum Gasteiger partial charge on any atom is -0.481 e. The number of carbonyl (C=O) groups excluding carboxylic acids is 3. The summed E-state index contributed by atoms with van der Waals surface area (Å²) in [4.78, 5) is 59.7. The summed E-state index contributed by atoms with van der Waals surface area (Å²) in [7, 11) is 0. The van der Waals surface area contributed by atoms with Crippen LogP contribution in [0.4, 0.5) is 0 Å². The van der Waals surface area contributed by atoms with E-state index in [1.165, 1.54) is 6.92 Å². The minimum atomic E-state index is -1.23. The highest BCUT2D eigenvalue weighted by atomic mass is 16.4. The summed E-state index contributed by atoms with van der Waals surface area (Å²) in [5.74, 6) is -4.56. The second-order valence-electron chi connectivity index (χ2n) is 8.16. The molecule has 0 heterocycles. The van der Waals surface area contributed by atoms with E-state index in [1.807, 2.05) is 20.8 Å². The summed E-state index contributed by atoms with van der Waals surface area (Å²) in [6.45, 7) is 8.58. The Morgan fingerprint density at radius 3 is 1.81 bits per heavy atom. The van der Waals surface area contributed by atoms with E-state index in [1.54, 1.807) is 6.92 Å². The number of amides is 3. The lowest BCUT2D eigenvalue weighted by Crippen LogP contribution is -2.57. The molecule has 0 aromatic heterocycles. The summed E-state index contributed by atoms with van der Waals surface area (Å²) in [6.07, 6.45) is 0.282. The SMILES string of the molecule is CCC(C)C(N)C(=O)NC(CCC(=O)O)C(=O)NC(CC(C)C)C(=O)NC(C)C(=O)O. The molecule has 0 saturated heterocycles. The van der Waals surface area contributed by atoms with E-state index in [0.29, 0.717) is 6.42 Å². The van der Waals surface area contributed by atoms with Gasteiger partial charge in [-0.15, -0.1) is 0 Å². The smallest absolute Gasteiger partial charge is 0.325 e. The van der Waals surface area contributed by atoms with Crippen LogP contribution in [0, 0.1) is 11.8 Å². The van der Waals surface area contributed by atoms with Crippen molar-refractivity contribution >= 4 is 29.7 Å². The first kappa shape index (κ1) is 28.3. The van der Waals surface area contributed by atoms with Crippen molar-refractivity contribution in [1.82, 2.24) is 16.0 Å². The van der Waals surface area contributed by atoms with Crippen LogP contribution in [0.15, 0.2) is 0 Å². The number of rotatable bonds is 14. The molecule has 0 bridgehead atoms. The van der Waals surface area contributed by atoms with Gasteiger partial charge in [0.05, 0.1) is 6.04 Å². The van der Waals surface area contributed by atoms with Crippen LogP contribution in [-0.4, -0.2) is 64.0 Å². The molecule has 0 aliphatic carbocycles. The highest BCUT2D eigenvalue weighted by molar-refractivity contribution is 5.94. The van der Waals surface area contributed by atoms with Crippen molar-refractivity contribution in [2.24, 2.45) is 17.6 Å². The van der Waals surface area contributed by atoms with E-state index in [4.69, 9.17) is 15.9 Å². The zero-order valence-electron chi connectivity index (χ0n) is 18.8. The van der Waals surface area contributed by atoms with Crippen LogP contribution in [0.3, 0.4) is 0 Å². The van der Waals surface area contributed by atoms with Gasteiger partial charge in [0.25, 0.3) is 0 Å². The van der Waals surface area contributed by atoms with Gasteiger partial charge in [-0.3, -0.25) is 24.0 Å². The lowest BCUT2D eigenvalue weighted by Gasteiger charge is -2.26. The van der Waals surface area contributed by atoms with E-state index in [9.17, 15) is 24.0 Å². The fraction of sp³-hybridized carbons (Fsp3) is 0.750. The number of aliphatic carboxylic acids is 2. The Morgan fingerprint density at radius 1 is 0.839 bits per heavy atom. The Labute approximate surface area is 182 Å². The van der Waals surface area contributed by atoms with Gasteiger partial charge in [-0.25, -0.2) is 0 Å². The largest absolute Gasteiger partial charge is 0.481 e. The van der Waals surface area contributed by atoms with Crippen molar-refractivity contribution in [2.45, 2.75) is 84.5 Å². The fourth-order valence-electron chi connectivity index (χ4n) is 2.67. The van der Waals surface area contributed by atoms with Crippen molar-refractivity contribution in [3.8, 4) is 0 Å². The second-order valence-corrected chi connectivity index (χ2v) is 8.16. The Morgan fingerprint density at radius 2 is 1.35 bits per heavy atom. The van der Waals surface area contributed by atoms with Crippen LogP contribution >= 0.6 is 0 Å². The number of carboxylic acids is 2. The third-order valence-corrected chi connectivity index (χ3v) is 4.91. The predicted octanol–water partition coefficient (Wildman–Crippen LogP) is -0.170. The van der Waals surface area contributed by atoms with Gasteiger partial charge < -0.3 is 31.9 Å². The molecule has 0 aromatic carbocycles. The van der Waals surface area contributed by atoms with Gasteiger partial charge >= 0.3 is 11.9 Å². The standard InChI is InChI=1S/C20H36N4O7/c1-6-11(4)16(21)19(29)23-13(7-8-15(25)26)17(27)24-14(9-10(2)3)18(28)22-12(5)20(30)31/h10-14,16H,6-9,21H2,1-5H3,(H,22,28)(H,23,29)(H,24,27)(H,25,26)(H,30,31). The molecule has 0 fully saturated rings. The molecule has 0 aliphatic rings. The van der Waals surface area contributed by atoms with Crippen LogP contribution in [0.1, 0.15) is 60.3 Å². The molecule has 11 nitrogen and oxygen atoms in total. The number of carbonyl (C=O) groups is 5. The summed E-state index contributed by atoms with van der Waals surface area (Å²) in [6, 6.07) is -4.30. The average Bonchev–Trinajstić information content (AvgIpc) is 2.68. The van der Waals surface area contributed by atoms with Gasteiger partial charge in [0.15, 0.2) is 0 Å². The van der Waals surface area contributed by atoms with Crippen LogP contribution in [0.25, 0.3) is 0 Å². The lowest BCUT2D eigenvalue weighted by molar-refractivity contribution is -0.142. The minimum absolute atomic E-state index is 0.0120. The quantitative estimate of drug-likeness (QED) is 0.213. The molecule has 31 heavy (non-hydrogen) atoms. The van der Waals surface area contributed by atoms with E-state index in [-0.39, 0.29) is 31.1 Å². The fourth-order valence-corrected chi connectivity index (χ4v) is 2.67. The summed E-state index contributed by atoms with van der Waals surface area (Å²) < 4.78 is 0. The van der Waals surface area contributed by atoms with Crippen molar-refractivity contribution in [2.75, 3.05) is 0 Å². The van der Waals surface area contributed by atoms with Gasteiger partial charge in [0.1, 0.15) is 18.1 Å². The van der Waals surface area contributed by atoms with E-state index < -0.39 is 53.8 Å². The van der Waals surface area contributed by atoms with Crippen molar-refractivity contribution in [3.63, 3.8) is 0 Å². The van der Waals surface area contributed by atoms with E-state index in [2.05, 4.69) is 16.0 Å². The van der Waals surface area contributed by atoms with Crippen LogP contribution in [0.2, 0.25) is 0 Å². The number of nitrogens with one attached hydrogen (secondary N) is 3. The zero-order chi connectivity index (χ0) is 24.3. The number of nitrogens with two attached hydrogens (primary N) is 1. The Hall–Kier alpha value is -2.69. The van der Waals surface area contributed by atoms with Gasteiger partial charge in [-0.05, 0) is 31.6 Å². The topological polar surface area (TPSA) is 188 Å². The predicted molar refractivity (Wildman–Crippen MR) is 113 cm³/mol. The molecule has 178 valence electrons. The molecule has 0 spiro atoms. The molecule has 3 amide bonds. The maximum Gasteiger partial charge on any atom is 0.325 e. The molecule has 0 saturated carbocycles. The maximum atomic E-state index is 12.8. The first-order valence-corrected chi connectivity index (χ1v) is 10.4. The highest BCUT2D eigenvalue weighted by Gasteiger charge is 2.30. The summed E-state index contributed by atoms with van der Waals surface area (Å²) >= 11 is 0. The number of carboxylic acid groups (broad SMARTS) is 2. The molecule has 5 atom stereocenters. The van der Waals surface area contributed by atoms with E-state index in [0.717, 1.165) is 0 Å². The zero-order valence-corrected chi connectivity index (χ0v) is 18.8. The summed E-state index contributed by atoms with van der Waals surface area (Å²) in [5.41, 5.74) is 5.89. The highest BCUT2D eigenvalue weighted by Crippen LogP contribution is 2.09. The van der Waals surface area contributed by atoms with Crippen molar-refractivity contribution < 1.29 is 34.2 Å². The third kappa shape index (κ3) is 10.8. The average molecular weight is 445 g/mol. The van der Waals surface area contributed by atoms with E-state index >= 15 is 0 Å². The second kappa shape index (κ2) is 13.6. The van der Waals surface area contributed by atoms with Crippen molar-refractivity contribution in [3.05, 3.63) is 0 Å². The number of hydrogen-bond donors (Lipinski definition) is 6. The molecular weight excluding hydrogens is 408 g/mol. The molecule has 0 aromatic rings. The number of hydrogen-bond acceptors (Lipinski definition) is 6. The molecule has 0 aliphatic heterocycles. The van der Waals surface area contributed by atoms with Gasteiger partial charge in [0, 0.05) is 6.42 Å². The molecule has 7 N–H and O–H groups in total. The molecule has 11 heteroatoms. The first-order chi connectivity index (χ1) is 14.3. The normalized spacial score (nSPS) is 15.8. The van der Waals surface area contributed by atoms with Crippen LogP contribution < -0.4 is 21.7 Å². The van der Waals surface area contributed by atoms with Gasteiger partial charge in [-0.2, -0.15) is 0 Å². The van der Waals surface area contributed by atoms with Gasteiger partial charge in [0.2, 0.25) is 17.7 Å². The first-order valence-electron chi connectivity index (χ1n) is 10.4. The molecule has 0 rings (SSSR count). The molecule has 5 unspecified atom stereocenters.